The summed E-state index contributed by atoms with van der Waals surface area (Å²) in [5.74, 6) is 0.888. The van der Waals surface area contributed by atoms with Gasteiger partial charge in [0.25, 0.3) is 0 Å². The molecule has 0 aromatic carbocycles. The summed E-state index contributed by atoms with van der Waals surface area (Å²) < 4.78 is 5.32. The van der Waals surface area contributed by atoms with Crippen LogP contribution in [0.3, 0.4) is 0 Å². The van der Waals surface area contributed by atoms with Gasteiger partial charge >= 0.3 is 0 Å². The van der Waals surface area contributed by atoms with Crippen molar-refractivity contribution in [2.45, 2.75) is 78.6 Å². The molecule has 0 radical (unpaired) electrons. The van der Waals surface area contributed by atoms with Crippen LogP contribution in [0.2, 0.25) is 0 Å². The lowest BCUT2D eigenvalue weighted by Gasteiger charge is -2.04. The highest BCUT2D eigenvalue weighted by atomic mass is 16.5. The number of hydrogen-bond acceptors (Lipinski definition) is 1. The zero-order valence-corrected chi connectivity index (χ0v) is 11.8. The van der Waals surface area contributed by atoms with Crippen LogP contribution in [0.25, 0.3) is 0 Å². The van der Waals surface area contributed by atoms with Crippen LogP contribution in [0.4, 0.5) is 0 Å². The van der Waals surface area contributed by atoms with E-state index in [0.29, 0.717) is 0 Å². The van der Waals surface area contributed by atoms with Crippen molar-refractivity contribution in [1.82, 2.24) is 0 Å². The maximum atomic E-state index is 5.32. The van der Waals surface area contributed by atoms with Crippen LogP contribution in [0.5, 0.6) is 0 Å². The van der Waals surface area contributed by atoms with Crippen LogP contribution in [0, 0.1) is 5.92 Å². The standard InChI is InChI=1S/C15H32O/c1-4-16-14-12-10-8-6-5-7-9-11-13-15(2)3/h15H,4-14H2,1-3H3. The maximum absolute atomic E-state index is 5.32. The highest BCUT2D eigenvalue weighted by Crippen LogP contribution is 2.12. The molecule has 1 heteroatoms. The predicted molar refractivity (Wildman–Crippen MR) is 72.9 cm³/mol. The Balaban J connectivity index is 2.88. The molecule has 0 spiro atoms. The fraction of sp³-hybridized carbons (Fsp3) is 1.00. The molecule has 0 N–H and O–H groups in total. The molecule has 98 valence electrons. The number of rotatable bonds is 12. The van der Waals surface area contributed by atoms with Crippen molar-refractivity contribution >= 4 is 0 Å². The quantitative estimate of drug-likeness (QED) is 0.418. The first-order chi connectivity index (χ1) is 7.77. The average molecular weight is 228 g/mol. The van der Waals surface area contributed by atoms with Crippen molar-refractivity contribution in [3.63, 3.8) is 0 Å². The van der Waals surface area contributed by atoms with Gasteiger partial charge in [-0.2, -0.15) is 0 Å². The third kappa shape index (κ3) is 14.0. The lowest BCUT2D eigenvalue weighted by atomic mass is 10.0. The second kappa shape index (κ2) is 13.0. The van der Waals surface area contributed by atoms with Crippen LogP contribution in [0.15, 0.2) is 0 Å². The van der Waals surface area contributed by atoms with Gasteiger partial charge in [-0.3, -0.25) is 0 Å². The summed E-state index contributed by atoms with van der Waals surface area (Å²) in [6, 6.07) is 0. The Morgan fingerprint density at radius 2 is 1.25 bits per heavy atom. The van der Waals surface area contributed by atoms with Crippen molar-refractivity contribution in [3.8, 4) is 0 Å². The monoisotopic (exact) mass is 228 g/mol. The average Bonchev–Trinajstić information content (AvgIpc) is 2.25. The highest BCUT2D eigenvalue weighted by molar-refractivity contribution is 4.49. The van der Waals surface area contributed by atoms with Gasteiger partial charge in [0.2, 0.25) is 0 Å². The van der Waals surface area contributed by atoms with Crippen molar-refractivity contribution in [3.05, 3.63) is 0 Å². The van der Waals surface area contributed by atoms with Gasteiger partial charge in [0.05, 0.1) is 0 Å². The molecule has 0 aliphatic rings. The van der Waals surface area contributed by atoms with E-state index in [1.165, 1.54) is 57.8 Å². The molecule has 0 saturated heterocycles. The van der Waals surface area contributed by atoms with Gasteiger partial charge in [-0.1, -0.05) is 65.2 Å². The van der Waals surface area contributed by atoms with Crippen LogP contribution in [-0.2, 0) is 4.74 Å². The highest BCUT2D eigenvalue weighted by Gasteiger charge is 1.95. The molecular weight excluding hydrogens is 196 g/mol. The van der Waals surface area contributed by atoms with Gasteiger partial charge in [0.15, 0.2) is 0 Å². The van der Waals surface area contributed by atoms with Crippen LogP contribution >= 0.6 is 0 Å². The van der Waals surface area contributed by atoms with E-state index in [1.54, 1.807) is 0 Å². The maximum Gasteiger partial charge on any atom is 0.0465 e. The summed E-state index contributed by atoms with van der Waals surface area (Å²) in [7, 11) is 0. The zero-order chi connectivity index (χ0) is 12.1. The molecule has 0 rings (SSSR count). The molecule has 0 aliphatic carbocycles. The third-order valence-corrected chi connectivity index (χ3v) is 3.02. The molecule has 0 heterocycles. The van der Waals surface area contributed by atoms with Crippen LogP contribution in [0.1, 0.15) is 78.6 Å². The molecule has 16 heavy (non-hydrogen) atoms. The normalized spacial score (nSPS) is 11.2. The van der Waals surface area contributed by atoms with E-state index in [1.807, 2.05) is 0 Å². The summed E-state index contributed by atoms with van der Waals surface area (Å²) in [6.07, 6.45) is 12.6. The Morgan fingerprint density at radius 3 is 1.75 bits per heavy atom. The van der Waals surface area contributed by atoms with Crippen molar-refractivity contribution < 1.29 is 4.74 Å². The van der Waals surface area contributed by atoms with E-state index in [0.717, 1.165) is 19.1 Å². The van der Waals surface area contributed by atoms with Gasteiger partial charge in [-0.25, -0.2) is 0 Å². The second-order valence-electron chi connectivity index (χ2n) is 5.21. The minimum absolute atomic E-state index is 0.871. The van der Waals surface area contributed by atoms with Gasteiger partial charge in [-0.05, 0) is 19.3 Å². The fourth-order valence-electron chi connectivity index (χ4n) is 1.96. The number of unbranched alkanes of at least 4 members (excludes halogenated alkanes) is 7. The van der Waals surface area contributed by atoms with Crippen molar-refractivity contribution in [2.75, 3.05) is 13.2 Å². The Morgan fingerprint density at radius 1 is 0.750 bits per heavy atom. The van der Waals surface area contributed by atoms with Crippen LogP contribution in [-0.4, -0.2) is 13.2 Å². The van der Waals surface area contributed by atoms with Crippen molar-refractivity contribution in [1.29, 1.82) is 0 Å². The first-order valence-electron chi connectivity index (χ1n) is 7.35. The Bertz CT molecular complexity index is 121. The molecule has 0 fully saturated rings. The van der Waals surface area contributed by atoms with Crippen molar-refractivity contribution in [2.24, 2.45) is 5.92 Å². The van der Waals surface area contributed by atoms with E-state index >= 15 is 0 Å². The molecule has 0 aromatic heterocycles. The number of hydrogen-bond donors (Lipinski definition) is 0. The van der Waals surface area contributed by atoms with Gasteiger partial charge in [0, 0.05) is 13.2 Å². The fourth-order valence-corrected chi connectivity index (χ4v) is 1.96. The molecule has 0 unspecified atom stereocenters. The Kier molecular flexibility index (Phi) is 13.0. The van der Waals surface area contributed by atoms with Gasteiger partial charge in [0.1, 0.15) is 0 Å². The number of ether oxygens (including phenoxy) is 1. The summed E-state index contributed by atoms with van der Waals surface area (Å²) in [5, 5.41) is 0. The molecule has 0 saturated carbocycles. The lowest BCUT2D eigenvalue weighted by Crippen LogP contribution is -1.93. The van der Waals surface area contributed by atoms with Crippen LogP contribution < -0.4 is 0 Å². The minimum Gasteiger partial charge on any atom is -0.382 e. The lowest BCUT2D eigenvalue weighted by molar-refractivity contribution is 0.143. The van der Waals surface area contributed by atoms with Gasteiger partial charge < -0.3 is 4.74 Å². The van der Waals surface area contributed by atoms with E-state index in [-0.39, 0.29) is 0 Å². The molecule has 0 atom stereocenters. The van der Waals surface area contributed by atoms with E-state index in [9.17, 15) is 0 Å². The molecule has 0 amide bonds. The second-order valence-corrected chi connectivity index (χ2v) is 5.21. The SMILES string of the molecule is CCOCCCCCCCCCCC(C)C. The summed E-state index contributed by atoms with van der Waals surface area (Å²) in [5.41, 5.74) is 0. The summed E-state index contributed by atoms with van der Waals surface area (Å²) in [6.45, 7) is 8.54. The molecular formula is C15H32O. The largest absolute Gasteiger partial charge is 0.382 e. The zero-order valence-electron chi connectivity index (χ0n) is 11.8. The molecule has 0 aliphatic heterocycles. The topological polar surface area (TPSA) is 9.23 Å². The molecule has 0 aromatic rings. The van der Waals surface area contributed by atoms with Gasteiger partial charge in [-0.15, -0.1) is 0 Å². The summed E-state index contributed by atoms with van der Waals surface area (Å²) in [4.78, 5) is 0. The molecule has 1 nitrogen and oxygen atoms in total. The van der Waals surface area contributed by atoms with E-state index in [4.69, 9.17) is 4.74 Å². The Hall–Kier alpha value is -0.0400. The first kappa shape index (κ1) is 16.0. The summed E-state index contributed by atoms with van der Waals surface area (Å²) >= 11 is 0. The van der Waals surface area contributed by atoms with E-state index in [2.05, 4.69) is 20.8 Å². The third-order valence-electron chi connectivity index (χ3n) is 3.02. The predicted octanol–water partition coefficient (Wildman–Crippen LogP) is 5.19. The van der Waals surface area contributed by atoms with E-state index < -0.39 is 0 Å². The smallest absolute Gasteiger partial charge is 0.0465 e. The molecule has 0 bridgehead atoms. The minimum atomic E-state index is 0.871. The first-order valence-corrected chi connectivity index (χ1v) is 7.35. The Labute approximate surface area is 103 Å².